The van der Waals surface area contributed by atoms with Gasteiger partial charge in [0, 0.05) is 5.56 Å². The molecule has 2 aromatic carbocycles. The third-order valence-corrected chi connectivity index (χ3v) is 4.01. The van der Waals surface area contributed by atoms with Gasteiger partial charge in [-0.1, -0.05) is 55.8 Å². The van der Waals surface area contributed by atoms with Crippen LogP contribution in [0.1, 0.15) is 47.9 Å². The second kappa shape index (κ2) is 7.13. The van der Waals surface area contributed by atoms with Gasteiger partial charge in [-0.15, -0.1) is 0 Å². The molecule has 0 spiro atoms. The molecule has 0 aliphatic carbocycles. The Bertz CT molecular complexity index is 665. The predicted molar refractivity (Wildman–Crippen MR) is 90.3 cm³/mol. The molecule has 0 aliphatic rings. The highest BCUT2D eigenvalue weighted by molar-refractivity contribution is 5.44. The predicted octanol–water partition coefficient (Wildman–Crippen LogP) is 4.98. The van der Waals surface area contributed by atoms with Crippen LogP contribution in [0.15, 0.2) is 42.5 Å². The lowest BCUT2D eigenvalue weighted by Gasteiger charge is -2.17. The quantitative estimate of drug-likeness (QED) is 0.779. The molecule has 0 saturated carbocycles. The van der Waals surface area contributed by atoms with E-state index in [-0.39, 0.29) is 5.92 Å². The monoisotopic (exact) mass is 293 g/mol. The molecule has 0 aliphatic heterocycles. The van der Waals surface area contributed by atoms with E-state index in [1.54, 1.807) is 7.11 Å². The summed E-state index contributed by atoms with van der Waals surface area (Å²) in [5, 5.41) is 9.64. The molecule has 22 heavy (non-hydrogen) atoms. The minimum Gasteiger partial charge on any atom is -0.496 e. The van der Waals surface area contributed by atoms with Gasteiger partial charge in [0.05, 0.1) is 19.1 Å². The zero-order valence-corrected chi connectivity index (χ0v) is 13.8. The maximum Gasteiger partial charge on any atom is 0.123 e. The molecule has 0 radical (unpaired) electrons. The summed E-state index contributed by atoms with van der Waals surface area (Å²) in [6, 6.07) is 17.0. The minimum atomic E-state index is -0.198. The van der Waals surface area contributed by atoms with Gasteiger partial charge in [0.2, 0.25) is 0 Å². The second-order valence-corrected chi connectivity index (χ2v) is 6.03. The van der Waals surface area contributed by atoms with E-state index < -0.39 is 0 Å². The molecular formula is C20H23NO. The SMILES string of the molecule is COc1ccc(C(C)C)cc1C(C#N)Cc1ccc(C)cc1. The highest BCUT2D eigenvalue weighted by Crippen LogP contribution is 2.32. The Kier molecular flexibility index (Phi) is 5.22. The number of benzene rings is 2. The molecule has 2 nitrogen and oxygen atoms in total. The molecule has 0 saturated heterocycles. The van der Waals surface area contributed by atoms with E-state index in [0.29, 0.717) is 12.3 Å². The van der Waals surface area contributed by atoms with Crippen molar-refractivity contribution in [1.29, 1.82) is 5.26 Å². The topological polar surface area (TPSA) is 33.0 Å². The van der Waals surface area contributed by atoms with Crippen molar-refractivity contribution in [3.8, 4) is 11.8 Å². The summed E-state index contributed by atoms with van der Waals surface area (Å²) in [6.07, 6.45) is 0.703. The zero-order valence-electron chi connectivity index (χ0n) is 13.8. The summed E-state index contributed by atoms with van der Waals surface area (Å²) in [5.41, 5.74) is 4.63. The van der Waals surface area contributed by atoms with E-state index >= 15 is 0 Å². The van der Waals surface area contributed by atoms with E-state index in [1.807, 2.05) is 6.07 Å². The van der Waals surface area contributed by atoms with E-state index in [1.165, 1.54) is 16.7 Å². The van der Waals surface area contributed by atoms with Gasteiger partial charge >= 0.3 is 0 Å². The van der Waals surface area contributed by atoms with Crippen LogP contribution >= 0.6 is 0 Å². The van der Waals surface area contributed by atoms with Gasteiger partial charge in [0.15, 0.2) is 0 Å². The Morgan fingerprint density at radius 3 is 2.32 bits per heavy atom. The fourth-order valence-corrected chi connectivity index (χ4v) is 2.57. The van der Waals surface area contributed by atoms with E-state index in [4.69, 9.17) is 4.74 Å². The van der Waals surface area contributed by atoms with Crippen molar-refractivity contribution in [2.24, 2.45) is 0 Å². The highest BCUT2D eigenvalue weighted by atomic mass is 16.5. The Labute approximate surface area is 133 Å². The number of methoxy groups -OCH3 is 1. The first-order valence-electron chi connectivity index (χ1n) is 7.68. The van der Waals surface area contributed by atoms with Crippen LogP contribution in [0.4, 0.5) is 0 Å². The largest absolute Gasteiger partial charge is 0.496 e. The minimum absolute atomic E-state index is 0.198. The molecular weight excluding hydrogens is 270 g/mol. The Morgan fingerprint density at radius 2 is 1.77 bits per heavy atom. The van der Waals surface area contributed by atoms with Crippen molar-refractivity contribution in [3.05, 3.63) is 64.7 Å². The van der Waals surface area contributed by atoms with Crippen LogP contribution in [0.25, 0.3) is 0 Å². The van der Waals surface area contributed by atoms with Crippen LogP contribution in [0.5, 0.6) is 5.75 Å². The first-order chi connectivity index (χ1) is 10.5. The maximum absolute atomic E-state index is 9.64. The van der Waals surface area contributed by atoms with Crippen molar-refractivity contribution < 1.29 is 4.74 Å². The summed E-state index contributed by atoms with van der Waals surface area (Å²) < 4.78 is 5.47. The van der Waals surface area contributed by atoms with Gasteiger partial charge in [0.25, 0.3) is 0 Å². The molecule has 0 aromatic heterocycles. The lowest BCUT2D eigenvalue weighted by molar-refractivity contribution is 0.407. The number of hydrogen-bond acceptors (Lipinski definition) is 2. The lowest BCUT2D eigenvalue weighted by atomic mass is 9.89. The first kappa shape index (κ1) is 16.1. The average molecular weight is 293 g/mol. The van der Waals surface area contributed by atoms with Crippen LogP contribution in [-0.2, 0) is 6.42 Å². The second-order valence-electron chi connectivity index (χ2n) is 6.03. The maximum atomic E-state index is 9.64. The number of aryl methyl sites for hydroxylation is 1. The van der Waals surface area contributed by atoms with Crippen LogP contribution in [0.3, 0.4) is 0 Å². The fourth-order valence-electron chi connectivity index (χ4n) is 2.57. The van der Waals surface area contributed by atoms with Gasteiger partial charge < -0.3 is 4.74 Å². The summed E-state index contributed by atoms with van der Waals surface area (Å²) in [5.74, 6) is 1.03. The average Bonchev–Trinajstić information content (AvgIpc) is 2.53. The summed E-state index contributed by atoms with van der Waals surface area (Å²) in [6.45, 7) is 6.39. The van der Waals surface area contributed by atoms with E-state index in [2.05, 4.69) is 63.2 Å². The molecule has 114 valence electrons. The normalized spacial score (nSPS) is 12.0. The molecule has 0 amide bonds. The molecule has 1 unspecified atom stereocenters. The van der Waals surface area contributed by atoms with Crippen molar-refractivity contribution in [2.45, 2.75) is 39.0 Å². The molecule has 1 atom stereocenters. The molecule has 0 bridgehead atoms. The Morgan fingerprint density at radius 1 is 1.09 bits per heavy atom. The van der Waals surface area contributed by atoms with Gasteiger partial charge in [-0.05, 0) is 36.5 Å². The summed E-state index contributed by atoms with van der Waals surface area (Å²) in [4.78, 5) is 0. The van der Waals surface area contributed by atoms with Crippen LogP contribution < -0.4 is 4.74 Å². The van der Waals surface area contributed by atoms with Gasteiger partial charge in [0.1, 0.15) is 5.75 Å². The molecule has 2 heteroatoms. The van der Waals surface area contributed by atoms with Gasteiger partial charge in [-0.2, -0.15) is 5.26 Å². The van der Waals surface area contributed by atoms with Crippen LogP contribution in [-0.4, -0.2) is 7.11 Å². The van der Waals surface area contributed by atoms with Crippen molar-refractivity contribution in [1.82, 2.24) is 0 Å². The van der Waals surface area contributed by atoms with Crippen molar-refractivity contribution >= 4 is 0 Å². The molecule has 2 aromatic rings. The highest BCUT2D eigenvalue weighted by Gasteiger charge is 2.18. The number of nitrogens with zero attached hydrogens (tertiary/aromatic N) is 1. The molecule has 0 N–H and O–H groups in total. The van der Waals surface area contributed by atoms with Gasteiger partial charge in [-0.3, -0.25) is 0 Å². The molecule has 0 heterocycles. The van der Waals surface area contributed by atoms with Crippen molar-refractivity contribution in [3.63, 3.8) is 0 Å². The smallest absolute Gasteiger partial charge is 0.123 e. The zero-order chi connectivity index (χ0) is 16.1. The Balaban J connectivity index is 2.35. The third kappa shape index (κ3) is 3.68. The number of rotatable bonds is 5. The molecule has 0 fully saturated rings. The third-order valence-electron chi connectivity index (χ3n) is 4.01. The molecule has 2 rings (SSSR count). The van der Waals surface area contributed by atoms with Crippen molar-refractivity contribution in [2.75, 3.05) is 7.11 Å². The lowest BCUT2D eigenvalue weighted by Crippen LogP contribution is -2.04. The number of ether oxygens (including phenoxy) is 1. The van der Waals surface area contributed by atoms with Gasteiger partial charge in [-0.25, -0.2) is 0 Å². The fraction of sp³-hybridized carbons (Fsp3) is 0.350. The summed E-state index contributed by atoms with van der Waals surface area (Å²) >= 11 is 0. The summed E-state index contributed by atoms with van der Waals surface area (Å²) in [7, 11) is 1.66. The standard InChI is InChI=1S/C20H23NO/c1-14(2)17-9-10-20(22-4)19(12-17)18(13-21)11-16-7-5-15(3)6-8-16/h5-10,12,14,18H,11H2,1-4H3. The van der Waals surface area contributed by atoms with Crippen LogP contribution in [0, 0.1) is 18.3 Å². The van der Waals surface area contributed by atoms with E-state index in [9.17, 15) is 5.26 Å². The number of hydrogen-bond donors (Lipinski definition) is 0. The Hall–Kier alpha value is -2.27. The first-order valence-corrected chi connectivity index (χ1v) is 7.68. The number of nitriles is 1. The van der Waals surface area contributed by atoms with E-state index in [0.717, 1.165) is 11.3 Å². The van der Waals surface area contributed by atoms with Crippen LogP contribution in [0.2, 0.25) is 0 Å².